The zero-order valence-corrected chi connectivity index (χ0v) is 11.7. The average Bonchev–Trinajstić information content (AvgIpc) is 2.46. The predicted molar refractivity (Wildman–Crippen MR) is 89.7 cm³/mol. The molecular weight excluding hydrogens is 262 g/mol. The van der Waals surface area contributed by atoms with E-state index in [1.807, 2.05) is 18.2 Å². The lowest BCUT2D eigenvalue weighted by Crippen LogP contribution is -2.38. The molecule has 3 nitrogen and oxygen atoms in total. The Balaban J connectivity index is 0.00000200. The molecule has 0 radical (unpaired) electrons. The minimum Gasteiger partial charge on any atom is -0.462 e. The van der Waals surface area contributed by atoms with Crippen LogP contribution in [0.15, 0.2) is 30.3 Å². The van der Waals surface area contributed by atoms with Gasteiger partial charge in [0.05, 0.1) is 12.2 Å². The van der Waals surface area contributed by atoms with Crippen molar-refractivity contribution in [2.45, 2.75) is 53.5 Å². The smallest absolute Gasteiger partial charge is 0.338 e. The van der Waals surface area contributed by atoms with E-state index in [1.54, 1.807) is 12.1 Å². The van der Waals surface area contributed by atoms with Gasteiger partial charge in [-0.2, -0.15) is 0 Å². The Labute approximate surface area is 130 Å². The molecule has 0 saturated carbocycles. The monoisotopic (exact) mass is 293 g/mol. The Morgan fingerprint density at radius 3 is 2.62 bits per heavy atom. The zero-order valence-electron chi connectivity index (χ0n) is 11.7. The predicted octanol–water partition coefficient (Wildman–Crippen LogP) is 4.38. The van der Waals surface area contributed by atoms with Gasteiger partial charge in [-0.05, 0) is 44.9 Å². The maximum absolute atomic E-state index is 11.7. The normalized spacial score (nSPS) is 18.2. The molecule has 1 aliphatic heterocycles. The van der Waals surface area contributed by atoms with Crippen molar-refractivity contribution in [3.8, 4) is 0 Å². The molecule has 0 bridgehead atoms. The van der Waals surface area contributed by atoms with E-state index in [1.165, 1.54) is 25.8 Å². The Morgan fingerprint density at radius 2 is 1.95 bits per heavy atom. The summed E-state index contributed by atoms with van der Waals surface area (Å²) >= 11 is 0. The van der Waals surface area contributed by atoms with Gasteiger partial charge in [0.25, 0.3) is 0 Å². The van der Waals surface area contributed by atoms with Crippen LogP contribution in [0.1, 0.15) is 57.8 Å². The molecule has 1 aliphatic rings. The second-order valence-corrected chi connectivity index (χ2v) is 5.24. The molecule has 21 heavy (non-hydrogen) atoms. The standard InChI is InChI=1S/C16H23NO2.2CH4/c1-14-8-5-6-11-17(14)12-7-13-19-16(18)15-9-3-2-4-10-15;;/h2-4,9-10,14H,5-8,11-13H2,1H3;2*1H4. The van der Waals surface area contributed by atoms with Crippen LogP contribution < -0.4 is 0 Å². The highest BCUT2D eigenvalue weighted by Gasteiger charge is 2.17. The highest BCUT2D eigenvalue weighted by Crippen LogP contribution is 2.16. The Bertz CT molecular complexity index is 391. The second-order valence-electron chi connectivity index (χ2n) is 5.24. The number of likely N-dealkylation sites (tertiary alicyclic amines) is 1. The molecule has 0 spiro atoms. The fourth-order valence-electron chi connectivity index (χ4n) is 2.58. The van der Waals surface area contributed by atoms with Crippen LogP contribution in [0.5, 0.6) is 0 Å². The first-order valence-corrected chi connectivity index (χ1v) is 7.23. The average molecular weight is 293 g/mol. The molecule has 0 aromatic heterocycles. The third-order valence-electron chi connectivity index (χ3n) is 3.77. The van der Waals surface area contributed by atoms with Crippen molar-refractivity contribution in [1.82, 2.24) is 4.90 Å². The number of esters is 1. The quantitative estimate of drug-likeness (QED) is 0.596. The van der Waals surface area contributed by atoms with Gasteiger partial charge in [0.2, 0.25) is 0 Å². The molecule has 0 amide bonds. The summed E-state index contributed by atoms with van der Waals surface area (Å²) < 4.78 is 5.29. The number of piperidine rings is 1. The summed E-state index contributed by atoms with van der Waals surface area (Å²) in [6.45, 7) is 5.02. The molecular formula is C18H31NO2. The van der Waals surface area contributed by atoms with E-state index < -0.39 is 0 Å². The molecule has 1 aromatic rings. The van der Waals surface area contributed by atoms with Crippen LogP contribution in [-0.2, 0) is 4.74 Å². The summed E-state index contributed by atoms with van der Waals surface area (Å²) in [5.41, 5.74) is 0.633. The maximum atomic E-state index is 11.7. The molecule has 1 aromatic carbocycles. The number of carbonyl (C=O) groups excluding carboxylic acids is 1. The SMILES string of the molecule is C.C.CC1CCCCN1CCCOC(=O)c1ccccc1. The first kappa shape index (κ1) is 19.7. The number of carbonyl (C=O) groups is 1. The number of ether oxygens (including phenoxy) is 1. The highest BCUT2D eigenvalue weighted by atomic mass is 16.5. The maximum Gasteiger partial charge on any atom is 0.338 e. The number of nitrogens with zero attached hydrogens (tertiary/aromatic N) is 1. The molecule has 0 aliphatic carbocycles. The molecule has 2 rings (SSSR count). The van der Waals surface area contributed by atoms with Crippen LogP contribution >= 0.6 is 0 Å². The third-order valence-corrected chi connectivity index (χ3v) is 3.77. The van der Waals surface area contributed by atoms with Gasteiger partial charge in [-0.1, -0.05) is 39.5 Å². The van der Waals surface area contributed by atoms with Gasteiger partial charge < -0.3 is 9.64 Å². The molecule has 1 saturated heterocycles. The molecule has 3 heteroatoms. The van der Waals surface area contributed by atoms with Crippen LogP contribution in [0.4, 0.5) is 0 Å². The number of benzene rings is 1. The fraction of sp³-hybridized carbons (Fsp3) is 0.611. The number of hydrogen-bond acceptors (Lipinski definition) is 3. The van der Waals surface area contributed by atoms with Crippen molar-refractivity contribution in [3.63, 3.8) is 0 Å². The lowest BCUT2D eigenvalue weighted by Gasteiger charge is -2.33. The van der Waals surface area contributed by atoms with Crippen molar-refractivity contribution >= 4 is 5.97 Å². The Kier molecular flexibility index (Phi) is 9.72. The van der Waals surface area contributed by atoms with Crippen molar-refractivity contribution in [2.75, 3.05) is 19.7 Å². The first-order chi connectivity index (χ1) is 9.27. The molecule has 120 valence electrons. The molecule has 1 heterocycles. The van der Waals surface area contributed by atoms with Crippen molar-refractivity contribution < 1.29 is 9.53 Å². The summed E-state index contributed by atoms with van der Waals surface area (Å²) in [4.78, 5) is 14.2. The number of hydrogen-bond donors (Lipinski definition) is 0. The summed E-state index contributed by atoms with van der Waals surface area (Å²) in [5.74, 6) is -0.215. The van der Waals surface area contributed by atoms with Crippen LogP contribution in [0.25, 0.3) is 0 Å². The second kappa shape index (κ2) is 10.4. The van der Waals surface area contributed by atoms with Gasteiger partial charge in [0.15, 0.2) is 0 Å². The molecule has 0 N–H and O–H groups in total. The topological polar surface area (TPSA) is 29.5 Å². The van der Waals surface area contributed by atoms with Gasteiger partial charge in [-0.25, -0.2) is 4.79 Å². The molecule has 1 fully saturated rings. The summed E-state index contributed by atoms with van der Waals surface area (Å²) in [5, 5.41) is 0. The van der Waals surface area contributed by atoms with Crippen LogP contribution in [0, 0.1) is 0 Å². The Hall–Kier alpha value is -1.35. The number of rotatable bonds is 5. The van der Waals surface area contributed by atoms with E-state index >= 15 is 0 Å². The fourth-order valence-corrected chi connectivity index (χ4v) is 2.58. The Morgan fingerprint density at radius 1 is 1.24 bits per heavy atom. The van der Waals surface area contributed by atoms with Gasteiger partial charge in [-0.15, -0.1) is 0 Å². The molecule has 1 atom stereocenters. The summed E-state index contributed by atoms with van der Waals surface area (Å²) in [6.07, 6.45) is 4.86. The highest BCUT2D eigenvalue weighted by molar-refractivity contribution is 5.89. The summed E-state index contributed by atoms with van der Waals surface area (Å²) in [7, 11) is 0. The van der Waals surface area contributed by atoms with E-state index in [4.69, 9.17) is 4.74 Å². The van der Waals surface area contributed by atoms with Crippen LogP contribution in [0.3, 0.4) is 0 Å². The lowest BCUT2D eigenvalue weighted by atomic mass is 10.0. The van der Waals surface area contributed by atoms with Crippen molar-refractivity contribution in [2.24, 2.45) is 0 Å². The van der Waals surface area contributed by atoms with E-state index in [0.29, 0.717) is 18.2 Å². The van der Waals surface area contributed by atoms with Crippen molar-refractivity contribution in [1.29, 1.82) is 0 Å². The first-order valence-electron chi connectivity index (χ1n) is 7.23. The van der Waals surface area contributed by atoms with E-state index in [2.05, 4.69) is 11.8 Å². The van der Waals surface area contributed by atoms with E-state index in [9.17, 15) is 4.79 Å². The zero-order chi connectivity index (χ0) is 13.5. The minimum atomic E-state index is -0.215. The van der Waals surface area contributed by atoms with Gasteiger partial charge >= 0.3 is 5.97 Å². The van der Waals surface area contributed by atoms with Gasteiger partial charge in [0, 0.05) is 12.6 Å². The van der Waals surface area contributed by atoms with E-state index in [0.717, 1.165) is 13.0 Å². The third kappa shape index (κ3) is 6.30. The largest absolute Gasteiger partial charge is 0.462 e. The van der Waals surface area contributed by atoms with Crippen molar-refractivity contribution in [3.05, 3.63) is 35.9 Å². The molecule has 1 unspecified atom stereocenters. The summed E-state index contributed by atoms with van der Waals surface area (Å²) in [6, 6.07) is 9.86. The van der Waals surface area contributed by atoms with E-state index in [-0.39, 0.29) is 20.8 Å². The van der Waals surface area contributed by atoms with Gasteiger partial charge in [-0.3, -0.25) is 0 Å². The minimum absolute atomic E-state index is 0. The van der Waals surface area contributed by atoms with Gasteiger partial charge in [0.1, 0.15) is 0 Å². The lowest BCUT2D eigenvalue weighted by molar-refractivity contribution is 0.0475. The van der Waals surface area contributed by atoms with Crippen LogP contribution in [0.2, 0.25) is 0 Å². The van der Waals surface area contributed by atoms with Crippen LogP contribution in [-0.4, -0.2) is 36.6 Å².